The summed E-state index contributed by atoms with van der Waals surface area (Å²) in [5.41, 5.74) is 0. The van der Waals surface area contributed by atoms with Gasteiger partial charge in [-0.2, -0.15) is 0 Å². The highest BCUT2D eigenvalue weighted by Gasteiger charge is 2.21. The van der Waals surface area contributed by atoms with E-state index in [1.165, 1.54) is 0 Å². The number of nitrogens with one attached hydrogen (secondary N) is 1. The Kier molecular flexibility index (Phi) is 3.16. The predicted octanol–water partition coefficient (Wildman–Crippen LogP) is -0.0103. The molecule has 0 atom stereocenters. The maximum Gasteiger partial charge on any atom is 0.407 e. The van der Waals surface area contributed by atoms with Gasteiger partial charge in [0.2, 0.25) is 0 Å². The second kappa shape index (κ2) is 4.18. The van der Waals surface area contributed by atoms with Gasteiger partial charge in [0.05, 0.1) is 6.54 Å². The molecule has 1 aliphatic rings. The summed E-state index contributed by atoms with van der Waals surface area (Å²) in [5, 5.41) is 9.25. The zero-order valence-electron chi connectivity index (χ0n) is 6.43. The van der Waals surface area contributed by atoms with Gasteiger partial charge in [-0.25, -0.2) is 4.79 Å². The minimum absolute atomic E-state index is 0.140. The number of hydrogen-bond donors (Lipinski definition) is 1. The maximum atomic E-state index is 10.8. The Morgan fingerprint density at radius 1 is 1.64 bits per heavy atom. The van der Waals surface area contributed by atoms with Gasteiger partial charge in [-0.05, 0) is 19.3 Å². The molecule has 0 aromatic heterocycles. The lowest BCUT2D eigenvalue weighted by molar-refractivity contribution is 0.0517. The fraction of sp³-hybridized carbons (Fsp3) is 0.857. The quantitative estimate of drug-likeness (QED) is 0.590. The van der Waals surface area contributed by atoms with Gasteiger partial charge in [0.1, 0.15) is 6.10 Å². The van der Waals surface area contributed by atoms with Gasteiger partial charge >= 0.3 is 6.09 Å². The minimum Gasteiger partial charge on any atom is -0.446 e. The first-order valence-corrected chi connectivity index (χ1v) is 3.92. The molecule has 1 fully saturated rings. The van der Waals surface area contributed by atoms with E-state index in [9.17, 15) is 4.79 Å². The molecule has 3 N–H and O–H groups in total. The summed E-state index contributed by atoms with van der Waals surface area (Å²) in [5.74, 6) is 0. The van der Waals surface area contributed by atoms with Crippen molar-refractivity contribution >= 4 is 6.09 Å². The van der Waals surface area contributed by atoms with E-state index in [-0.39, 0.29) is 18.8 Å². The Morgan fingerprint density at radius 3 is 2.82 bits per heavy atom. The maximum absolute atomic E-state index is 10.8. The molecule has 1 amide bonds. The largest absolute Gasteiger partial charge is 0.446 e. The van der Waals surface area contributed by atoms with E-state index in [1.807, 2.05) is 0 Å². The van der Waals surface area contributed by atoms with Gasteiger partial charge < -0.3 is 15.2 Å². The van der Waals surface area contributed by atoms with Crippen LogP contribution >= 0.6 is 0 Å². The highest BCUT2D eigenvalue weighted by atomic mass is 16.6. The van der Waals surface area contributed by atoms with E-state index in [4.69, 9.17) is 9.84 Å². The van der Waals surface area contributed by atoms with E-state index < -0.39 is 0 Å². The topological polar surface area (TPSA) is 61.2 Å². The molecule has 0 unspecified atom stereocenters. The van der Waals surface area contributed by atoms with Crippen LogP contribution in [0.25, 0.3) is 0 Å². The summed E-state index contributed by atoms with van der Waals surface area (Å²) >= 11 is 0. The first-order chi connectivity index (χ1) is 5.33. The average Bonchev–Trinajstić information content (AvgIpc) is 1.93. The summed E-state index contributed by atoms with van der Waals surface area (Å²) in [6.45, 7) is 0.589. The van der Waals surface area contributed by atoms with Crippen molar-refractivity contribution < 1.29 is 14.6 Å². The Morgan fingerprint density at radius 2 is 2.36 bits per heavy atom. The van der Waals surface area contributed by atoms with Gasteiger partial charge in [-0.15, -0.1) is 0 Å². The number of rotatable bonds is 3. The van der Waals surface area contributed by atoms with Crippen LogP contribution in [0.4, 0.5) is 4.79 Å². The smallest absolute Gasteiger partial charge is 0.407 e. The molecule has 4 heteroatoms. The van der Waals surface area contributed by atoms with Crippen molar-refractivity contribution in [2.45, 2.75) is 25.4 Å². The molecular weight excluding hydrogens is 146 g/mol. The highest BCUT2D eigenvalue weighted by molar-refractivity contribution is 5.67. The third-order valence-electron chi connectivity index (χ3n) is 1.72. The molecule has 0 heterocycles. The molecule has 0 saturated heterocycles. The van der Waals surface area contributed by atoms with Crippen molar-refractivity contribution in [3.8, 4) is 0 Å². The Hall–Kier alpha value is -0.770. The minimum atomic E-state index is -0.373. The summed E-state index contributed by atoms with van der Waals surface area (Å²) in [6, 6.07) is 0. The van der Waals surface area contributed by atoms with Crippen molar-refractivity contribution in [2.75, 3.05) is 13.2 Å². The number of carbonyl (C=O) groups is 1. The van der Waals surface area contributed by atoms with E-state index in [2.05, 4.69) is 5.32 Å². The molecule has 0 spiro atoms. The molecule has 0 aliphatic heterocycles. The number of hydrogen-bond acceptors (Lipinski definition) is 2. The standard InChI is InChI=1S/C7H13NO3/c9-5-4-8-7(10)11-6-2-1-3-6/h6,9H,1-5H2,(H,8,10)/p+1. The molecule has 0 aromatic carbocycles. The van der Waals surface area contributed by atoms with Crippen LogP contribution < -0.4 is 5.32 Å². The van der Waals surface area contributed by atoms with Gasteiger partial charge in [-0.3, -0.25) is 0 Å². The lowest BCUT2D eigenvalue weighted by Gasteiger charge is -2.24. The van der Waals surface area contributed by atoms with Crippen LogP contribution in [-0.2, 0) is 4.74 Å². The fourth-order valence-electron chi connectivity index (χ4n) is 0.846. The predicted molar refractivity (Wildman–Crippen MR) is 40.6 cm³/mol. The monoisotopic (exact) mass is 160 g/mol. The summed E-state index contributed by atoms with van der Waals surface area (Å²) in [4.78, 5) is 10.8. The van der Waals surface area contributed by atoms with E-state index in [1.54, 1.807) is 0 Å². The number of ether oxygens (including phenoxy) is 1. The molecule has 0 radical (unpaired) electrons. The SMILES string of the molecule is O=C(NCC[OH2+])OC1CCC1. The van der Waals surface area contributed by atoms with E-state index in [0.717, 1.165) is 19.3 Å². The first kappa shape index (κ1) is 8.33. The lowest BCUT2D eigenvalue weighted by Crippen LogP contribution is -2.33. The van der Waals surface area contributed by atoms with Crippen LogP contribution in [0.1, 0.15) is 19.3 Å². The first-order valence-electron chi connectivity index (χ1n) is 3.92. The van der Waals surface area contributed by atoms with Crippen molar-refractivity contribution in [2.24, 2.45) is 0 Å². The van der Waals surface area contributed by atoms with Gasteiger partial charge in [-0.1, -0.05) is 0 Å². The van der Waals surface area contributed by atoms with Crippen LogP contribution in [0.5, 0.6) is 0 Å². The molecule has 0 aromatic rings. The number of alkyl carbamates (subject to hydrolysis) is 1. The van der Waals surface area contributed by atoms with Gasteiger partial charge in [0.15, 0.2) is 6.61 Å². The summed E-state index contributed by atoms with van der Waals surface area (Å²) in [6.07, 6.45) is 2.92. The summed E-state index contributed by atoms with van der Waals surface area (Å²) < 4.78 is 4.96. The normalized spacial score (nSPS) is 17.2. The van der Waals surface area contributed by atoms with Crippen LogP contribution in [0, 0.1) is 0 Å². The second-order valence-electron chi connectivity index (χ2n) is 2.63. The number of carbonyl (C=O) groups excluding carboxylic acids is 1. The highest BCUT2D eigenvalue weighted by Crippen LogP contribution is 2.21. The van der Waals surface area contributed by atoms with Crippen molar-refractivity contribution in [3.63, 3.8) is 0 Å². The fourth-order valence-corrected chi connectivity index (χ4v) is 0.846. The van der Waals surface area contributed by atoms with Crippen LogP contribution in [0.2, 0.25) is 0 Å². The zero-order chi connectivity index (χ0) is 8.10. The van der Waals surface area contributed by atoms with Crippen molar-refractivity contribution in [1.29, 1.82) is 0 Å². The third-order valence-corrected chi connectivity index (χ3v) is 1.72. The third kappa shape index (κ3) is 2.76. The lowest BCUT2D eigenvalue weighted by atomic mass is 9.96. The Bertz CT molecular complexity index is 134. The molecule has 11 heavy (non-hydrogen) atoms. The van der Waals surface area contributed by atoms with Crippen LogP contribution in [0.15, 0.2) is 0 Å². The van der Waals surface area contributed by atoms with E-state index >= 15 is 0 Å². The summed E-state index contributed by atoms with van der Waals surface area (Å²) in [7, 11) is 0. The van der Waals surface area contributed by atoms with Crippen molar-refractivity contribution in [1.82, 2.24) is 5.32 Å². The molecule has 4 nitrogen and oxygen atoms in total. The van der Waals surface area contributed by atoms with Crippen LogP contribution in [0.3, 0.4) is 0 Å². The molecule has 0 bridgehead atoms. The molecule has 1 rings (SSSR count). The molecular formula is C7H14NO3+. The van der Waals surface area contributed by atoms with Gasteiger partial charge in [0.25, 0.3) is 0 Å². The van der Waals surface area contributed by atoms with E-state index in [0.29, 0.717) is 6.54 Å². The Labute approximate surface area is 65.5 Å². The second-order valence-corrected chi connectivity index (χ2v) is 2.63. The molecule has 1 aliphatic carbocycles. The molecule has 1 saturated carbocycles. The zero-order valence-corrected chi connectivity index (χ0v) is 6.43. The van der Waals surface area contributed by atoms with Crippen molar-refractivity contribution in [3.05, 3.63) is 0 Å². The molecule has 64 valence electrons. The number of amides is 1. The Balaban J connectivity index is 2.00. The van der Waals surface area contributed by atoms with Crippen LogP contribution in [-0.4, -0.2) is 30.5 Å². The average molecular weight is 160 g/mol. The van der Waals surface area contributed by atoms with Gasteiger partial charge in [0, 0.05) is 0 Å².